The van der Waals surface area contributed by atoms with Crippen molar-refractivity contribution in [3.05, 3.63) is 83.0 Å². The molecule has 1 aliphatic heterocycles. The molecule has 150 valence electrons. The second kappa shape index (κ2) is 7.65. The van der Waals surface area contributed by atoms with Crippen LogP contribution in [0.1, 0.15) is 11.1 Å². The molecule has 1 aromatic heterocycles. The van der Waals surface area contributed by atoms with Gasteiger partial charge < -0.3 is 4.57 Å². The molecule has 1 aliphatic rings. The first-order chi connectivity index (χ1) is 14.4. The van der Waals surface area contributed by atoms with Gasteiger partial charge in [0.25, 0.3) is 11.8 Å². The van der Waals surface area contributed by atoms with Gasteiger partial charge in [0, 0.05) is 34.2 Å². The molecule has 1 saturated heterocycles. The standard InChI is InChI=1S/C23H18ClN3O3/c1-3-10-26-13-15(17-6-4-5-7-20(17)26)11-18-21(28)25-23(30)27(22(18)29)16-9-8-14(2)19(24)12-16/h3-9,11-13H,1,10H2,2H3,(H,25,28,30)/b18-11-. The molecule has 2 aromatic carbocycles. The van der Waals surface area contributed by atoms with Crippen molar-refractivity contribution >= 4 is 52.1 Å². The minimum Gasteiger partial charge on any atom is -0.343 e. The smallest absolute Gasteiger partial charge is 0.335 e. The van der Waals surface area contributed by atoms with Gasteiger partial charge in [-0.15, -0.1) is 6.58 Å². The van der Waals surface area contributed by atoms with Crippen molar-refractivity contribution in [2.24, 2.45) is 0 Å². The van der Waals surface area contributed by atoms with Gasteiger partial charge in [-0.2, -0.15) is 0 Å². The van der Waals surface area contributed by atoms with Crippen molar-refractivity contribution in [3.63, 3.8) is 0 Å². The molecule has 0 atom stereocenters. The largest absolute Gasteiger partial charge is 0.343 e. The van der Waals surface area contributed by atoms with E-state index in [2.05, 4.69) is 11.9 Å². The number of fused-ring (bicyclic) bond motifs is 1. The molecule has 7 heteroatoms. The molecule has 4 amide bonds. The fourth-order valence-electron chi connectivity index (χ4n) is 3.45. The van der Waals surface area contributed by atoms with Crippen LogP contribution in [-0.2, 0) is 16.1 Å². The van der Waals surface area contributed by atoms with Gasteiger partial charge in [0.1, 0.15) is 5.57 Å². The number of urea groups is 1. The summed E-state index contributed by atoms with van der Waals surface area (Å²) in [5, 5.41) is 3.54. The van der Waals surface area contributed by atoms with E-state index in [0.717, 1.165) is 21.4 Å². The molecular weight excluding hydrogens is 402 g/mol. The molecule has 1 fully saturated rings. The Morgan fingerprint density at radius 3 is 2.63 bits per heavy atom. The fourth-order valence-corrected chi connectivity index (χ4v) is 3.62. The summed E-state index contributed by atoms with van der Waals surface area (Å²) < 4.78 is 1.97. The third-order valence-electron chi connectivity index (χ3n) is 4.96. The predicted octanol–water partition coefficient (Wildman–Crippen LogP) is 4.46. The van der Waals surface area contributed by atoms with E-state index in [1.54, 1.807) is 18.2 Å². The van der Waals surface area contributed by atoms with E-state index in [9.17, 15) is 14.4 Å². The number of anilines is 1. The maximum atomic E-state index is 13.1. The Morgan fingerprint density at radius 2 is 1.90 bits per heavy atom. The number of carbonyl (C=O) groups is 3. The van der Waals surface area contributed by atoms with Crippen LogP contribution in [0.15, 0.2) is 66.9 Å². The van der Waals surface area contributed by atoms with Crippen LogP contribution in [0.4, 0.5) is 10.5 Å². The monoisotopic (exact) mass is 419 g/mol. The Bertz CT molecular complexity index is 1260. The summed E-state index contributed by atoms with van der Waals surface area (Å²) in [6.07, 6.45) is 5.13. The van der Waals surface area contributed by atoms with E-state index < -0.39 is 17.8 Å². The zero-order valence-corrected chi connectivity index (χ0v) is 16.9. The van der Waals surface area contributed by atoms with Crippen molar-refractivity contribution in [3.8, 4) is 0 Å². The van der Waals surface area contributed by atoms with Gasteiger partial charge in [-0.05, 0) is 36.8 Å². The lowest BCUT2D eigenvalue weighted by Gasteiger charge is -2.26. The van der Waals surface area contributed by atoms with Crippen LogP contribution in [-0.4, -0.2) is 22.4 Å². The molecule has 0 unspecified atom stereocenters. The molecule has 2 heterocycles. The molecule has 6 nitrogen and oxygen atoms in total. The molecule has 0 spiro atoms. The molecular formula is C23H18ClN3O3. The number of allylic oxidation sites excluding steroid dienone is 1. The Labute approximate surface area is 178 Å². The van der Waals surface area contributed by atoms with E-state index in [1.807, 2.05) is 42.0 Å². The Kier molecular flexibility index (Phi) is 5.01. The summed E-state index contributed by atoms with van der Waals surface area (Å²) in [6, 6.07) is 11.7. The van der Waals surface area contributed by atoms with E-state index in [-0.39, 0.29) is 5.57 Å². The topological polar surface area (TPSA) is 71.4 Å². The summed E-state index contributed by atoms with van der Waals surface area (Å²) in [4.78, 5) is 38.9. The number of nitrogens with zero attached hydrogens (tertiary/aromatic N) is 2. The van der Waals surface area contributed by atoms with E-state index in [0.29, 0.717) is 22.8 Å². The molecule has 0 bridgehead atoms. The number of carbonyl (C=O) groups excluding carboxylic acids is 3. The SMILES string of the molecule is C=CCn1cc(/C=C2/C(=O)NC(=O)N(c3ccc(C)c(Cl)c3)C2=O)c2ccccc21. The summed E-state index contributed by atoms with van der Waals surface area (Å²) in [5.74, 6) is -1.44. The van der Waals surface area contributed by atoms with Gasteiger partial charge >= 0.3 is 6.03 Å². The number of nitrogens with one attached hydrogen (secondary N) is 1. The minimum atomic E-state index is -0.809. The molecule has 0 aliphatic carbocycles. The highest BCUT2D eigenvalue weighted by Crippen LogP contribution is 2.28. The lowest BCUT2D eigenvalue weighted by Crippen LogP contribution is -2.54. The number of aryl methyl sites for hydroxylation is 1. The Balaban J connectivity index is 1.81. The Morgan fingerprint density at radius 1 is 1.13 bits per heavy atom. The number of rotatable bonds is 4. The number of halogens is 1. The number of barbiturate groups is 1. The molecule has 30 heavy (non-hydrogen) atoms. The van der Waals surface area contributed by atoms with E-state index >= 15 is 0 Å². The first-order valence-electron chi connectivity index (χ1n) is 9.27. The van der Waals surface area contributed by atoms with Crippen LogP contribution in [0, 0.1) is 6.92 Å². The van der Waals surface area contributed by atoms with Gasteiger partial charge in [-0.3, -0.25) is 14.9 Å². The third-order valence-corrected chi connectivity index (χ3v) is 5.37. The van der Waals surface area contributed by atoms with Gasteiger partial charge in [0.2, 0.25) is 0 Å². The quantitative estimate of drug-likeness (QED) is 0.385. The lowest BCUT2D eigenvalue weighted by atomic mass is 10.1. The molecule has 3 aromatic rings. The first-order valence-corrected chi connectivity index (χ1v) is 9.65. The highest BCUT2D eigenvalue weighted by Gasteiger charge is 2.37. The lowest BCUT2D eigenvalue weighted by molar-refractivity contribution is -0.122. The van der Waals surface area contributed by atoms with Crippen molar-refractivity contribution in [1.29, 1.82) is 0 Å². The number of aromatic nitrogens is 1. The number of hydrogen-bond donors (Lipinski definition) is 1. The van der Waals surface area contributed by atoms with Gasteiger partial charge in [0.15, 0.2) is 0 Å². The van der Waals surface area contributed by atoms with Crippen molar-refractivity contribution in [1.82, 2.24) is 9.88 Å². The number of hydrogen-bond acceptors (Lipinski definition) is 3. The highest BCUT2D eigenvalue weighted by atomic mass is 35.5. The average molecular weight is 420 g/mol. The third kappa shape index (κ3) is 3.31. The Hall–Kier alpha value is -3.64. The van der Waals surface area contributed by atoms with Gasteiger partial charge in [0.05, 0.1) is 5.69 Å². The minimum absolute atomic E-state index is 0.132. The number of imide groups is 2. The van der Waals surface area contributed by atoms with Gasteiger partial charge in [-0.25, -0.2) is 9.69 Å². The summed E-state index contributed by atoms with van der Waals surface area (Å²) in [7, 11) is 0. The van der Waals surface area contributed by atoms with Crippen LogP contribution in [0.5, 0.6) is 0 Å². The number of amides is 4. The average Bonchev–Trinajstić information content (AvgIpc) is 3.06. The normalized spacial score (nSPS) is 15.7. The van der Waals surface area contributed by atoms with Crippen LogP contribution in [0.2, 0.25) is 5.02 Å². The van der Waals surface area contributed by atoms with Crippen LogP contribution in [0.25, 0.3) is 17.0 Å². The predicted molar refractivity (Wildman–Crippen MR) is 117 cm³/mol. The fraction of sp³-hybridized carbons (Fsp3) is 0.0870. The van der Waals surface area contributed by atoms with E-state index in [4.69, 9.17) is 11.6 Å². The summed E-state index contributed by atoms with van der Waals surface area (Å²) >= 11 is 6.16. The van der Waals surface area contributed by atoms with Crippen LogP contribution in [0.3, 0.4) is 0 Å². The van der Waals surface area contributed by atoms with Crippen LogP contribution >= 0.6 is 11.6 Å². The molecule has 0 radical (unpaired) electrons. The van der Waals surface area contributed by atoms with Crippen LogP contribution < -0.4 is 10.2 Å². The number of benzene rings is 2. The zero-order chi connectivity index (χ0) is 21.4. The molecule has 0 saturated carbocycles. The van der Waals surface area contributed by atoms with E-state index in [1.165, 1.54) is 12.1 Å². The first kappa shape index (κ1) is 19.7. The molecule has 1 N–H and O–H groups in total. The highest BCUT2D eigenvalue weighted by molar-refractivity contribution is 6.39. The zero-order valence-electron chi connectivity index (χ0n) is 16.2. The van der Waals surface area contributed by atoms with Crippen molar-refractivity contribution in [2.75, 3.05) is 4.90 Å². The second-order valence-electron chi connectivity index (χ2n) is 6.93. The van der Waals surface area contributed by atoms with Crippen molar-refractivity contribution < 1.29 is 14.4 Å². The molecule has 4 rings (SSSR count). The maximum Gasteiger partial charge on any atom is 0.335 e. The van der Waals surface area contributed by atoms with Crippen molar-refractivity contribution in [2.45, 2.75) is 13.5 Å². The second-order valence-corrected chi connectivity index (χ2v) is 7.34. The van der Waals surface area contributed by atoms with Gasteiger partial charge in [-0.1, -0.05) is 41.9 Å². The maximum absolute atomic E-state index is 13.1. The summed E-state index contributed by atoms with van der Waals surface area (Å²) in [5.41, 5.74) is 2.62. The number of para-hydroxylation sites is 1. The summed E-state index contributed by atoms with van der Waals surface area (Å²) in [6.45, 7) is 6.16.